The topological polar surface area (TPSA) is 78.4 Å². The number of hydrogen-bond acceptors (Lipinski definition) is 5. The van der Waals surface area contributed by atoms with E-state index in [0.29, 0.717) is 17.2 Å². The molecule has 0 spiro atoms. The Bertz CT molecular complexity index is 504. The van der Waals surface area contributed by atoms with Crippen molar-refractivity contribution >= 4 is 5.69 Å². The number of nitro groups is 1. The largest absolute Gasteiger partial charge is 0.452 e. The molecular weight excluding hydrogens is 212 g/mol. The Morgan fingerprint density at radius 2 is 2.06 bits per heavy atom. The predicted octanol–water partition coefficient (Wildman–Crippen LogP) is 2.68. The van der Waals surface area contributed by atoms with Gasteiger partial charge in [0.25, 0.3) is 5.69 Å². The van der Waals surface area contributed by atoms with Crippen molar-refractivity contribution in [3.63, 3.8) is 0 Å². The first-order valence-electron chi connectivity index (χ1n) is 4.50. The SMILES string of the molecule is Cc1nocc1Oc1ccc([N+](=O)[O-])cc1. The maximum absolute atomic E-state index is 10.4. The van der Waals surface area contributed by atoms with Crippen molar-refractivity contribution < 1.29 is 14.2 Å². The molecule has 0 amide bonds. The standard InChI is InChI=1S/C10H8N2O4/c1-7-10(6-15-11-7)16-9-4-2-8(3-5-9)12(13)14/h2-6H,1H3. The Morgan fingerprint density at radius 3 is 2.56 bits per heavy atom. The number of rotatable bonds is 3. The van der Waals surface area contributed by atoms with E-state index >= 15 is 0 Å². The lowest BCUT2D eigenvalue weighted by Gasteiger charge is -2.01. The van der Waals surface area contributed by atoms with E-state index in [1.54, 1.807) is 6.92 Å². The van der Waals surface area contributed by atoms with Crippen LogP contribution in [0.15, 0.2) is 35.1 Å². The van der Waals surface area contributed by atoms with E-state index in [1.165, 1.54) is 30.5 Å². The molecule has 0 saturated carbocycles. The Labute approximate surface area is 90.6 Å². The second-order valence-electron chi connectivity index (χ2n) is 3.12. The minimum Gasteiger partial charge on any atom is -0.452 e. The average Bonchev–Trinajstić information content (AvgIpc) is 2.65. The number of aromatic nitrogens is 1. The van der Waals surface area contributed by atoms with Crippen LogP contribution in [0, 0.1) is 17.0 Å². The monoisotopic (exact) mass is 220 g/mol. The summed E-state index contributed by atoms with van der Waals surface area (Å²) >= 11 is 0. The third kappa shape index (κ3) is 2.00. The zero-order valence-corrected chi connectivity index (χ0v) is 8.41. The van der Waals surface area contributed by atoms with Gasteiger partial charge in [-0.2, -0.15) is 0 Å². The van der Waals surface area contributed by atoms with Crippen LogP contribution in [0.3, 0.4) is 0 Å². The molecule has 0 aliphatic carbocycles. The van der Waals surface area contributed by atoms with E-state index in [-0.39, 0.29) is 5.69 Å². The van der Waals surface area contributed by atoms with Crippen molar-refractivity contribution in [1.29, 1.82) is 0 Å². The minimum atomic E-state index is -0.464. The van der Waals surface area contributed by atoms with Crippen LogP contribution in [0.2, 0.25) is 0 Å². The molecule has 6 heteroatoms. The van der Waals surface area contributed by atoms with Gasteiger partial charge < -0.3 is 9.26 Å². The second-order valence-corrected chi connectivity index (χ2v) is 3.12. The van der Waals surface area contributed by atoms with Crippen molar-refractivity contribution in [2.24, 2.45) is 0 Å². The highest BCUT2D eigenvalue weighted by Gasteiger charge is 2.07. The fraction of sp³-hybridized carbons (Fsp3) is 0.100. The third-order valence-corrected chi connectivity index (χ3v) is 1.98. The van der Waals surface area contributed by atoms with Crippen LogP contribution in [-0.2, 0) is 0 Å². The van der Waals surface area contributed by atoms with Crippen LogP contribution in [0.4, 0.5) is 5.69 Å². The molecule has 0 fully saturated rings. The molecule has 0 aliphatic rings. The van der Waals surface area contributed by atoms with Gasteiger partial charge in [-0.3, -0.25) is 10.1 Å². The lowest BCUT2D eigenvalue weighted by atomic mass is 10.3. The van der Waals surface area contributed by atoms with E-state index in [4.69, 9.17) is 9.26 Å². The van der Waals surface area contributed by atoms with Crippen molar-refractivity contribution in [1.82, 2.24) is 5.16 Å². The van der Waals surface area contributed by atoms with Gasteiger partial charge in [0.15, 0.2) is 12.0 Å². The number of non-ortho nitro benzene ring substituents is 1. The zero-order chi connectivity index (χ0) is 11.5. The van der Waals surface area contributed by atoms with E-state index < -0.39 is 4.92 Å². The Morgan fingerprint density at radius 1 is 1.38 bits per heavy atom. The molecule has 16 heavy (non-hydrogen) atoms. The number of hydrogen-bond donors (Lipinski definition) is 0. The summed E-state index contributed by atoms with van der Waals surface area (Å²) in [6.07, 6.45) is 1.37. The maximum Gasteiger partial charge on any atom is 0.269 e. The number of nitro benzene ring substituents is 1. The summed E-state index contributed by atoms with van der Waals surface area (Å²) in [7, 11) is 0. The minimum absolute atomic E-state index is 0.0226. The van der Waals surface area contributed by atoms with E-state index in [9.17, 15) is 10.1 Å². The molecule has 2 rings (SSSR count). The van der Waals surface area contributed by atoms with Crippen LogP contribution < -0.4 is 4.74 Å². The van der Waals surface area contributed by atoms with Crippen molar-refractivity contribution in [3.05, 3.63) is 46.3 Å². The van der Waals surface area contributed by atoms with Gasteiger partial charge in [0.2, 0.25) is 0 Å². The molecule has 82 valence electrons. The molecule has 1 aromatic heterocycles. The number of aryl methyl sites for hydroxylation is 1. The van der Waals surface area contributed by atoms with Crippen molar-refractivity contribution in [3.8, 4) is 11.5 Å². The second kappa shape index (κ2) is 4.01. The molecule has 0 aliphatic heterocycles. The van der Waals surface area contributed by atoms with Crippen LogP contribution >= 0.6 is 0 Å². The molecule has 2 aromatic rings. The van der Waals surface area contributed by atoms with Crippen LogP contribution in [0.1, 0.15) is 5.69 Å². The first-order chi connectivity index (χ1) is 7.66. The summed E-state index contributed by atoms with van der Waals surface area (Å²) in [6, 6.07) is 5.78. The third-order valence-electron chi connectivity index (χ3n) is 1.98. The Balaban J connectivity index is 2.17. The van der Waals surface area contributed by atoms with Gasteiger partial charge in [0.1, 0.15) is 11.4 Å². The zero-order valence-electron chi connectivity index (χ0n) is 8.41. The molecule has 0 atom stereocenters. The molecule has 0 unspecified atom stereocenters. The maximum atomic E-state index is 10.4. The highest BCUT2D eigenvalue weighted by atomic mass is 16.6. The van der Waals surface area contributed by atoms with Crippen LogP contribution in [0.25, 0.3) is 0 Å². The average molecular weight is 220 g/mol. The van der Waals surface area contributed by atoms with E-state index in [2.05, 4.69) is 5.16 Å². The molecular formula is C10H8N2O4. The highest BCUT2D eigenvalue weighted by Crippen LogP contribution is 2.25. The molecule has 0 saturated heterocycles. The molecule has 0 bridgehead atoms. The van der Waals surface area contributed by atoms with Crippen molar-refractivity contribution in [2.75, 3.05) is 0 Å². The van der Waals surface area contributed by atoms with Gasteiger partial charge in [0, 0.05) is 12.1 Å². The number of nitrogens with zero attached hydrogens (tertiary/aromatic N) is 2. The summed E-state index contributed by atoms with van der Waals surface area (Å²) in [5, 5.41) is 14.1. The van der Waals surface area contributed by atoms with Crippen LogP contribution in [0.5, 0.6) is 11.5 Å². The summed E-state index contributed by atoms with van der Waals surface area (Å²) in [5.74, 6) is 0.991. The summed E-state index contributed by atoms with van der Waals surface area (Å²) in [5.41, 5.74) is 0.646. The fourth-order valence-electron chi connectivity index (χ4n) is 1.14. The quantitative estimate of drug-likeness (QED) is 0.586. The molecule has 1 aromatic carbocycles. The first kappa shape index (κ1) is 10.2. The summed E-state index contributed by atoms with van der Waals surface area (Å²) < 4.78 is 10.1. The van der Waals surface area contributed by atoms with Gasteiger partial charge in [-0.05, 0) is 19.1 Å². The van der Waals surface area contributed by atoms with Gasteiger partial charge >= 0.3 is 0 Å². The smallest absolute Gasteiger partial charge is 0.269 e. The van der Waals surface area contributed by atoms with Gasteiger partial charge in [0.05, 0.1) is 4.92 Å². The predicted molar refractivity (Wildman–Crippen MR) is 54.4 cm³/mol. The van der Waals surface area contributed by atoms with E-state index in [0.717, 1.165) is 0 Å². The van der Waals surface area contributed by atoms with Gasteiger partial charge in [-0.15, -0.1) is 0 Å². The Kier molecular flexibility index (Phi) is 2.55. The first-order valence-corrected chi connectivity index (χ1v) is 4.50. The Hall–Kier alpha value is -2.37. The molecule has 0 radical (unpaired) electrons. The lowest BCUT2D eigenvalue weighted by Crippen LogP contribution is -1.88. The van der Waals surface area contributed by atoms with E-state index in [1.807, 2.05) is 0 Å². The fourth-order valence-corrected chi connectivity index (χ4v) is 1.14. The molecule has 0 N–H and O–H groups in total. The lowest BCUT2D eigenvalue weighted by molar-refractivity contribution is -0.384. The van der Waals surface area contributed by atoms with Crippen molar-refractivity contribution in [2.45, 2.75) is 6.92 Å². The number of benzene rings is 1. The number of ether oxygens (including phenoxy) is 1. The summed E-state index contributed by atoms with van der Waals surface area (Å²) in [6.45, 7) is 1.74. The summed E-state index contributed by atoms with van der Waals surface area (Å²) in [4.78, 5) is 9.96. The van der Waals surface area contributed by atoms with Gasteiger partial charge in [-0.25, -0.2) is 0 Å². The van der Waals surface area contributed by atoms with Crippen LogP contribution in [-0.4, -0.2) is 10.1 Å². The van der Waals surface area contributed by atoms with Gasteiger partial charge in [-0.1, -0.05) is 5.16 Å². The molecule has 1 heterocycles. The normalized spacial score (nSPS) is 10.1. The highest BCUT2D eigenvalue weighted by molar-refractivity contribution is 5.38. The molecule has 6 nitrogen and oxygen atoms in total.